The number of nitrogens with zero attached hydrogens (tertiary/aromatic N) is 3. The molecule has 0 spiro atoms. The minimum absolute atomic E-state index is 0.0805. The van der Waals surface area contributed by atoms with E-state index in [1.807, 2.05) is 18.9 Å². The standard InChI is InChI=1S/C6H12N4O/c1-3-9(4-2)10-5-6(7)11-8-10/h5,7H,3-4H2,1-2H3. The summed E-state index contributed by atoms with van der Waals surface area (Å²) in [6, 6.07) is 0. The average molecular weight is 156 g/mol. The van der Waals surface area contributed by atoms with Crippen molar-refractivity contribution in [1.29, 1.82) is 5.41 Å². The second-order valence-corrected chi connectivity index (χ2v) is 2.13. The van der Waals surface area contributed by atoms with Crippen LogP contribution in [0.1, 0.15) is 13.8 Å². The minimum Gasteiger partial charge on any atom is -0.380 e. The summed E-state index contributed by atoms with van der Waals surface area (Å²) in [6.45, 7) is 5.75. The SMILES string of the molecule is CCN(CC)[n+]1cc(=N)o[n-]1. The van der Waals surface area contributed by atoms with E-state index >= 15 is 0 Å². The van der Waals surface area contributed by atoms with Gasteiger partial charge >= 0.3 is 0 Å². The highest BCUT2D eigenvalue weighted by molar-refractivity contribution is 4.60. The quantitative estimate of drug-likeness (QED) is 0.570. The summed E-state index contributed by atoms with van der Waals surface area (Å²) < 4.78 is 4.59. The van der Waals surface area contributed by atoms with E-state index in [1.165, 1.54) is 6.20 Å². The van der Waals surface area contributed by atoms with E-state index in [0.29, 0.717) is 0 Å². The molecule has 62 valence electrons. The van der Waals surface area contributed by atoms with Gasteiger partial charge in [-0.2, -0.15) is 0 Å². The zero-order valence-corrected chi connectivity index (χ0v) is 6.74. The first-order valence-electron chi connectivity index (χ1n) is 3.63. The Labute approximate surface area is 64.7 Å². The summed E-state index contributed by atoms with van der Waals surface area (Å²) >= 11 is 0. The topological polar surface area (TPSA) is 58.2 Å². The van der Waals surface area contributed by atoms with Crippen LogP contribution in [0.3, 0.4) is 0 Å². The van der Waals surface area contributed by atoms with Crippen LogP contribution >= 0.6 is 0 Å². The van der Waals surface area contributed by atoms with Gasteiger partial charge in [0.2, 0.25) is 0 Å². The number of aromatic nitrogens is 2. The van der Waals surface area contributed by atoms with Crippen LogP contribution < -0.4 is 20.6 Å². The molecule has 1 rings (SSSR count). The summed E-state index contributed by atoms with van der Waals surface area (Å²) in [4.78, 5) is 1.54. The summed E-state index contributed by atoms with van der Waals surface area (Å²) in [6.07, 6.45) is 1.53. The zero-order chi connectivity index (χ0) is 8.27. The van der Waals surface area contributed by atoms with Gasteiger partial charge in [-0.05, 0) is 5.27 Å². The monoisotopic (exact) mass is 156 g/mol. The molecule has 1 aromatic heterocycles. The first kappa shape index (κ1) is 7.84. The largest absolute Gasteiger partial charge is 0.380 e. The molecule has 0 bridgehead atoms. The van der Waals surface area contributed by atoms with Crippen molar-refractivity contribution in [3.8, 4) is 0 Å². The van der Waals surface area contributed by atoms with E-state index in [1.54, 1.807) is 4.79 Å². The van der Waals surface area contributed by atoms with Crippen LogP contribution in [0.25, 0.3) is 0 Å². The highest BCUT2D eigenvalue weighted by atomic mass is 16.5. The Kier molecular flexibility index (Phi) is 2.30. The maximum atomic E-state index is 7.08. The van der Waals surface area contributed by atoms with E-state index in [4.69, 9.17) is 5.41 Å². The molecule has 0 amide bonds. The molecule has 0 saturated heterocycles. The molecule has 5 heteroatoms. The second kappa shape index (κ2) is 3.23. The van der Waals surface area contributed by atoms with Gasteiger partial charge in [0.05, 0.1) is 0 Å². The van der Waals surface area contributed by atoms with E-state index in [9.17, 15) is 0 Å². The molecule has 0 atom stereocenters. The van der Waals surface area contributed by atoms with Gasteiger partial charge in [-0.25, -0.2) is 0 Å². The second-order valence-electron chi connectivity index (χ2n) is 2.13. The van der Waals surface area contributed by atoms with Gasteiger partial charge in [-0.15, -0.1) is 0 Å². The molecule has 0 radical (unpaired) electrons. The maximum absolute atomic E-state index is 7.08. The maximum Gasteiger partial charge on any atom is 0.286 e. The van der Waals surface area contributed by atoms with Crippen molar-refractivity contribution >= 4 is 0 Å². The third kappa shape index (κ3) is 1.60. The summed E-state index contributed by atoms with van der Waals surface area (Å²) in [5.74, 6) is 0. The lowest BCUT2D eigenvalue weighted by Gasteiger charge is -2.16. The van der Waals surface area contributed by atoms with Gasteiger partial charge in [0.25, 0.3) is 11.8 Å². The molecule has 0 saturated carbocycles. The van der Waals surface area contributed by atoms with Crippen molar-refractivity contribution in [3.05, 3.63) is 11.8 Å². The molecule has 0 aromatic carbocycles. The van der Waals surface area contributed by atoms with Crippen LogP contribution in [0.2, 0.25) is 0 Å². The van der Waals surface area contributed by atoms with Crippen molar-refractivity contribution < 1.29 is 9.31 Å². The molecule has 0 aliphatic heterocycles. The Hall–Kier alpha value is -1.26. The van der Waals surface area contributed by atoms with E-state index in [-0.39, 0.29) is 5.55 Å². The first-order chi connectivity index (χ1) is 5.27. The van der Waals surface area contributed by atoms with Gasteiger partial charge in [0, 0.05) is 13.1 Å². The fourth-order valence-electron chi connectivity index (χ4n) is 0.885. The van der Waals surface area contributed by atoms with Crippen LogP contribution in [-0.2, 0) is 0 Å². The fourth-order valence-corrected chi connectivity index (χ4v) is 0.885. The molecule has 11 heavy (non-hydrogen) atoms. The predicted octanol–water partition coefficient (Wildman–Crippen LogP) is -1.02. The molecule has 1 heterocycles. The van der Waals surface area contributed by atoms with Crippen LogP contribution in [0.15, 0.2) is 10.7 Å². The van der Waals surface area contributed by atoms with Crippen LogP contribution in [0.4, 0.5) is 0 Å². The van der Waals surface area contributed by atoms with Gasteiger partial charge < -0.3 is 4.52 Å². The molecule has 5 nitrogen and oxygen atoms in total. The first-order valence-corrected chi connectivity index (χ1v) is 3.63. The van der Waals surface area contributed by atoms with Crippen molar-refractivity contribution in [3.63, 3.8) is 0 Å². The van der Waals surface area contributed by atoms with Gasteiger partial charge in [-0.1, -0.05) is 18.6 Å². The fraction of sp³-hybridized carbons (Fsp3) is 0.667. The van der Waals surface area contributed by atoms with E-state index < -0.39 is 0 Å². The Bertz CT molecular complexity index is 260. The molecular weight excluding hydrogens is 144 g/mol. The number of hydrogen-bond acceptors (Lipinski definition) is 3. The summed E-state index contributed by atoms with van der Waals surface area (Å²) in [7, 11) is 0. The molecule has 0 unspecified atom stereocenters. The lowest BCUT2D eigenvalue weighted by molar-refractivity contribution is -0.763. The van der Waals surface area contributed by atoms with E-state index in [0.717, 1.165) is 13.1 Å². The predicted molar refractivity (Wildman–Crippen MR) is 37.4 cm³/mol. The van der Waals surface area contributed by atoms with Crippen molar-refractivity contribution in [2.24, 2.45) is 0 Å². The lowest BCUT2D eigenvalue weighted by atomic mass is 10.6. The third-order valence-electron chi connectivity index (χ3n) is 1.48. The molecule has 1 aromatic rings. The highest BCUT2D eigenvalue weighted by Crippen LogP contribution is 1.72. The van der Waals surface area contributed by atoms with Gasteiger partial charge in [0.15, 0.2) is 0 Å². The van der Waals surface area contributed by atoms with Gasteiger partial charge in [-0.3, -0.25) is 10.4 Å². The van der Waals surface area contributed by atoms with Crippen LogP contribution in [0.5, 0.6) is 0 Å². The summed E-state index contributed by atoms with van der Waals surface area (Å²) in [5.41, 5.74) is 0.0805. The zero-order valence-electron chi connectivity index (χ0n) is 6.74. The van der Waals surface area contributed by atoms with Crippen LogP contribution in [-0.4, -0.2) is 13.1 Å². The Morgan fingerprint density at radius 3 is 2.64 bits per heavy atom. The van der Waals surface area contributed by atoms with Crippen LogP contribution in [0, 0.1) is 5.41 Å². The molecular formula is C6H12N4O. The Morgan fingerprint density at radius 1 is 1.64 bits per heavy atom. The molecule has 0 aliphatic rings. The lowest BCUT2D eigenvalue weighted by Crippen LogP contribution is -2.59. The minimum atomic E-state index is 0.0805. The van der Waals surface area contributed by atoms with Crippen molar-refractivity contribution in [1.82, 2.24) is 5.27 Å². The molecule has 0 aliphatic carbocycles. The Balaban J connectivity index is 2.81. The molecule has 1 N–H and O–H groups in total. The third-order valence-corrected chi connectivity index (χ3v) is 1.48. The normalized spacial score (nSPS) is 10.0. The molecule has 0 fully saturated rings. The van der Waals surface area contributed by atoms with Crippen molar-refractivity contribution in [2.75, 3.05) is 18.1 Å². The smallest absolute Gasteiger partial charge is 0.286 e. The van der Waals surface area contributed by atoms with E-state index in [2.05, 4.69) is 9.79 Å². The number of rotatable bonds is 3. The van der Waals surface area contributed by atoms with Gasteiger partial charge in [0.1, 0.15) is 0 Å². The average Bonchev–Trinajstić information content (AvgIpc) is 2.39. The number of nitrogens with one attached hydrogen (secondary N) is 1. The summed E-state index contributed by atoms with van der Waals surface area (Å²) in [5, 5.41) is 12.7. The highest BCUT2D eigenvalue weighted by Gasteiger charge is 2.02. The number of hydrogen-bond donors (Lipinski definition) is 1. The van der Waals surface area contributed by atoms with Crippen molar-refractivity contribution in [2.45, 2.75) is 13.8 Å². The Morgan fingerprint density at radius 2 is 2.27 bits per heavy atom.